The van der Waals surface area contributed by atoms with Gasteiger partial charge in [-0.3, -0.25) is 24.5 Å². The largest absolute Gasteiger partial charge is 0.493 e. The smallest absolute Gasteiger partial charge is 0.318 e. The third-order valence-corrected chi connectivity index (χ3v) is 11.5. The fourth-order valence-corrected chi connectivity index (χ4v) is 8.59. The molecule has 8 rings (SSSR count). The molecule has 0 fully saturated rings. The van der Waals surface area contributed by atoms with Gasteiger partial charge in [-0.1, -0.05) is 12.1 Å². The van der Waals surface area contributed by atoms with Crippen molar-refractivity contribution in [3.63, 3.8) is 0 Å². The maximum absolute atomic E-state index is 12.9. The fourth-order valence-electron chi connectivity index (χ4n) is 7.86. The Hall–Kier alpha value is -5.09. The molecule has 4 heterocycles. The lowest BCUT2D eigenvalue weighted by Crippen LogP contribution is -2.35. The molecule has 6 bridgehead atoms. The topological polar surface area (TPSA) is 159 Å². The molecule has 4 aliphatic heterocycles. The van der Waals surface area contributed by atoms with Gasteiger partial charge in [-0.25, -0.2) is 0 Å². The van der Waals surface area contributed by atoms with Gasteiger partial charge in [-0.15, -0.1) is 0 Å². The van der Waals surface area contributed by atoms with Crippen molar-refractivity contribution in [1.29, 1.82) is 0 Å². The van der Waals surface area contributed by atoms with Crippen molar-refractivity contribution in [2.75, 3.05) is 55.6 Å². The number of likely N-dealkylation sites (N-methyl/N-ethyl adjacent to an activating group) is 2. The molecule has 1 unspecified atom stereocenters. The van der Waals surface area contributed by atoms with Crippen LogP contribution in [0.2, 0.25) is 0 Å². The van der Waals surface area contributed by atoms with E-state index in [2.05, 4.69) is 11.9 Å². The average molecular weight is 748 g/mol. The number of rotatable bonds is 6. The van der Waals surface area contributed by atoms with Crippen LogP contribution >= 0.6 is 0 Å². The number of nitrogens with zero attached hydrogens (tertiary/aromatic N) is 3. The Labute approximate surface area is 307 Å². The average Bonchev–Trinajstić information content (AvgIpc) is 3.13. The van der Waals surface area contributed by atoms with Crippen LogP contribution in [0.1, 0.15) is 45.5 Å². The standard InChI is InChI=1S/C38H41N3O11S/c1-39-13-11-22-17-29(47-3)32-19-26(22)27(39)15-21-7-9-24(10-8-21)51-31-18-23(33(53(44,45)46)20-30(31)48-4)16-28-34-25(12-14-40(28)2)35(41(42)43)37(49-5)38(50-6)36(34)52-32/h7-10,17-20,27-28H,11-16H2,1-6H3,(H,44,45,46)/t27?,28-/m0/s1. The van der Waals surface area contributed by atoms with E-state index in [9.17, 15) is 23.1 Å². The molecule has 4 aromatic rings. The van der Waals surface area contributed by atoms with Crippen molar-refractivity contribution in [2.45, 2.75) is 42.7 Å². The van der Waals surface area contributed by atoms with Crippen molar-refractivity contribution < 1.29 is 46.3 Å². The molecule has 0 saturated heterocycles. The van der Waals surface area contributed by atoms with Crippen LogP contribution in [-0.4, -0.2) is 83.3 Å². The lowest BCUT2D eigenvalue weighted by atomic mass is 9.86. The molecule has 4 aromatic carbocycles. The van der Waals surface area contributed by atoms with Gasteiger partial charge in [0, 0.05) is 42.4 Å². The van der Waals surface area contributed by atoms with Crippen molar-refractivity contribution in [1.82, 2.24) is 9.80 Å². The van der Waals surface area contributed by atoms with E-state index >= 15 is 0 Å². The Kier molecular flexibility index (Phi) is 9.61. The van der Waals surface area contributed by atoms with Gasteiger partial charge in [-0.2, -0.15) is 8.42 Å². The summed E-state index contributed by atoms with van der Waals surface area (Å²) >= 11 is 0. The monoisotopic (exact) mass is 747 g/mol. The van der Waals surface area contributed by atoms with Crippen LogP contribution in [0.15, 0.2) is 53.4 Å². The highest BCUT2D eigenvalue weighted by molar-refractivity contribution is 7.85. The minimum Gasteiger partial charge on any atom is -0.493 e. The summed E-state index contributed by atoms with van der Waals surface area (Å²) in [4.78, 5) is 16.2. The van der Waals surface area contributed by atoms with Crippen LogP contribution in [0.4, 0.5) is 5.69 Å². The molecule has 15 heteroatoms. The molecule has 53 heavy (non-hydrogen) atoms. The molecule has 280 valence electrons. The van der Waals surface area contributed by atoms with E-state index in [1.54, 1.807) is 7.11 Å². The van der Waals surface area contributed by atoms with Crippen LogP contribution in [0, 0.1) is 10.1 Å². The Bertz CT molecular complexity index is 2210. The third-order valence-electron chi connectivity index (χ3n) is 10.5. The number of nitro groups is 1. The Morgan fingerprint density at radius 3 is 2.08 bits per heavy atom. The van der Waals surface area contributed by atoms with Crippen LogP contribution in [0.3, 0.4) is 0 Å². The highest BCUT2D eigenvalue weighted by atomic mass is 32.2. The molecule has 0 aliphatic carbocycles. The molecule has 1 N–H and O–H groups in total. The number of hydrogen-bond donors (Lipinski definition) is 1. The van der Waals surface area contributed by atoms with E-state index in [1.807, 2.05) is 48.3 Å². The van der Waals surface area contributed by atoms with Crippen molar-refractivity contribution in [3.05, 3.63) is 92.0 Å². The summed E-state index contributed by atoms with van der Waals surface area (Å²) < 4.78 is 72.5. The predicted molar refractivity (Wildman–Crippen MR) is 194 cm³/mol. The number of benzene rings is 4. The van der Waals surface area contributed by atoms with Crippen LogP contribution in [0.5, 0.6) is 46.0 Å². The molecule has 0 amide bonds. The molecule has 14 nitrogen and oxygen atoms in total. The fraction of sp³-hybridized carbons (Fsp3) is 0.368. The maximum atomic E-state index is 12.9. The lowest BCUT2D eigenvalue weighted by Gasteiger charge is -2.37. The quantitative estimate of drug-likeness (QED) is 0.133. The number of methoxy groups -OCH3 is 4. The summed E-state index contributed by atoms with van der Waals surface area (Å²) in [6.45, 7) is 1.20. The van der Waals surface area contributed by atoms with Gasteiger partial charge in [0.15, 0.2) is 28.7 Å². The first-order chi connectivity index (χ1) is 25.4. The first-order valence-electron chi connectivity index (χ1n) is 17.1. The zero-order valence-electron chi connectivity index (χ0n) is 30.3. The Morgan fingerprint density at radius 2 is 1.43 bits per heavy atom. The second kappa shape index (κ2) is 14.0. The van der Waals surface area contributed by atoms with Crippen LogP contribution in [-0.2, 0) is 35.8 Å². The predicted octanol–water partition coefficient (Wildman–Crippen LogP) is 6.32. The molecule has 0 saturated carbocycles. The SMILES string of the molecule is COc1cc(S(=O)(=O)O)c2cc1Oc1ccc(cc1)CC1c3cc(c(OC)cc3CCN1C)Oc1c(OC)c(OC)c([N+](=O)[O-])c3c1[C@H](C2)N(C)CC3. The summed E-state index contributed by atoms with van der Waals surface area (Å²) in [5.74, 6) is 1.68. The van der Waals surface area contributed by atoms with Gasteiger partial charge in [0.2, 0.25) is 11.5 Å². The first-order valence-corrected chi connectivity index (χ1v) is 18.5. The van der Waals surface area contributed by atoms with Crippen molar-refractivity contribution in [3.8, 4) is 46.0 Å². The lowest BCUT2D eigenvalue weighted by molar-refractivity contribution is -0.386. The number of ether oxygens (including phenoxy) is 6. The Balaban J connectivity index is 1.56. The van der Waals surface area contributed by atoms with Gasteiger partial charge in [0.25, 0.3) is 10.1 Å². The van der Waals surface area contributed by atoms with Gasteiger partial charge >= 0.3 is 5.69 Å². The van der Waals surface area contributed by atoms with E-state index in [0.717, 1.165) is 29.7 Å². The molecule has 0 aromatic heterocycles. The Morgan fingerprint density at radius 1 is 0.792 bits per heavy atom. The van der Waals surface area contributed by atoms with E-state index in [4.69, 9.17) is 28.4 Å². The van der Waals surface area contributed by atoms with Crippen LogP contribution < -0.4 is 28.4 Å². The molecule has 0 spiro atoms. The molecule has 0 radical (unpaired) electrons. The van der Waals surface area contributed by atoms with Gasteiger partial charge in [0.1, 0.15) is 10.6 Å². The second-order valence-electron chi connectivity index (χ2n) is 13.4. The number of nitro benzene ring substituents is 1. The normalized spacial score (nSPS) is 18.5. The number of fused-ring (bicyclic) bond motifs is 2. The van der Waals surface area contributed by atoms with Crippen molar-refractivity contribution in [2.24, 2.45) is 0 Å². The van der Waals surface area contributed by atoms with E-state index in [-0.39, 0.29) is 58.9 Å². The van der Waals surface area contributed by atoms with Gasteiger partial charge in [-0.05, 0) is 92.4 Å². The molecular weight excluding hydrogens is 706 g/mol. The minimum absolute atomic E-state index is 0.00519. The highest BCUT2D eigenvalue weighted by Gasteiger charge is 2.41. The molecule has 2 atom stereocenters. The molecule has 4 aliphatic rings. The van der Waals surface area contributed by atoms with E-state index in [1.165, 1.54) is 33.5 Å². The summed E-state index contributed by atoms with van der Waals surface area (Å²) in [7, 11) is 4.78. The summed E-state index contributed by atoms with van der Waals surface area (Å²) in [6, 6.07) is 13.6. The van der Waals surface area contributed by atoms with Gasteiger partial charge < -0.3 is 28.4 Å². The number of hydrogen-bond acceptors (Lipinski definition) is 12. The minimum atomic E-state index is -4.79. The zero-order chi connectivity index (χ0) is 37.8. The summed E-state index contributed by atoms with van der Waals surface area (Å²) in [5.41, 5.74) is 3.89. The van der Waals surface area contributed by atoms with E-state index in [0.29, 0.717) is 41.3 Å². The maximum Gasteiger partial charge on any atom is 0.318 e. The second-order valence-corrected chi connectivity index (χ2v) is 14.8. The zero-order valence-corrected chi connectivity index (χ0v) is 31.1. The van der Waals surface area contributed by atoms with Crippen LogP contribution in [0.25, 0.3) is 0 Å². The van der Waals surface area contributed by atoms with Gasteiger partial charge in [0.05, 0.1) is 33.4 Å². The highest BCUT2D eigenvalue weighted by Crippen LogP contribution is 2.56. The molecular formula is C38H41N3O11S. The van der Waals surface area contributed by atoms with E-state index < -0.39 is 26.0 Å². The third kappa shape index (κ3) is 6.47. The summed E-state index contributed by atoms with van der Waals surface area (Å²) in [5, 5.41) is 12.8. The summed E-state index contributed by atoms with van der Waals surface area (Å²) in [6.07, 6.45) is 1.66. The first kappa shape index (κ1) is 36.3. The van der Waals surface area contributed by atoms with Crippen molar-refractivity contribution >= 4 is 15.8 Å².